The van der Waals surface area contributed by atoms with Crippen molar-refractivity contribution in [3.05, 3.63) is 0 Å². The number of unbranched alkanes of at least 4 members (excludes halogenated alkanes) is 1. The smallest absolute Gasteiger partial charge is 0.223 e. The zero-order valence-corrected chi connectivity index (χ0v) is 11.1. The molecule has 0 heterocycles. The van der Waals surface area contributed by atoms with Gasteiger partial charge < -0.3 is 11.1 Å². The number of nitrogens with one attached hydrogen (secondary N) is 1. The van der Waals surface area contributed by atoms with Crippen molar-refractivity contribution in [1.82, 2.24) is 5.32 Å². The van der Waals surface area contributed by atoms with E-state index in [1.165, 1.54) is 0 Å². The highest BCUT2D eigenvalue weighted by Gasteiger charge is 2.14. The Balaban J connectivity index is 3.66. The van der Waals surface area contributed by atoms with Crippen LogP contribution in [0.1, 0.15) is 59.3 Å². The van der Waals surface area contributed by atoms with Gasteiger partial charge in [-0.2, -0.15) is 0 Å². The minimum Gasteiger partial charge on any atom is -0.356 e. The molecule has 2 atom stereocenters. The molecule has 0 bridgehead atoms. The maximum atomic E-state index is 11.8. The van der Waals surface area contributed by atoms with Gasteiger partial charge in [0.05, 0.1) is 0 Å². The molecule has 3 heteroatoms. The molecular weight excluding hydrogens is 200 g/mol. The van der Waals surface area contributed by atoms with Gasteiger partial charge in [0, 0.05) is 18.5 Å². The highest BCUT2D eigenvalue weighted by Crippen LogP contribution is 2.12. The van der Waals surface area contributed by atoms with Crippen molar-refractivity contribution in [1.29, 1.82) is 0 Å². The molecule has 0 spiro atoms. The molecule has 0 fully saturated rings. The van der Waals surface area contributed by atoms with Gasteiger partial charge in [0.15, 0.2) is 0 Å². The van der Waals surface area contributed by atoms with Crippen molar-refractivity contribution in [2.75, 3.05) is 6.54 Å². The van der Waals surface area contributed by atoms with Gasteiger partial charge in [-0.3, -0.25) is 4.79 Å². The molecule has 3 N–H and O–H groups in total. The minimum atomic E-state index is 0.204. The zero-order valence-electron chi connectivity index (χ0n) is 11.1. The number of rotatable bonds is 9. The zero-order chi connectivity index (χ0) is 12.4. The Morgan fingerprint density at radius 1 is 1.25 bits per heavy atom. The normalized spacial score (nSPS) is 14.5. The fraction of sp³-hybridized carbons (Fsp3) is 0.923. The van der Waals surface area contributed by atoms with Crippen LogP contribution in [0.4, 0.5) is 0 Å². The summed E-state index contributed by atoms with van der Waals surface area (Å²) in [7, 11) is 0. The molecule has 3 nitrogen and oxygen atoms in total. The van der Waals surface area contributed by atoms with Crippen molar-refractivity contribution < 1.29 is 4.79 Å². The monoisotopic (exact) mass is 228 g/mol. The third-order valence-electron chi connectivity index (χ3n) is 2.91. The van der Waals surface area contributed by atoms with Gasteiger partial charge in [0.1, 0.15) is 0 Å². The molecule has 0 aromatic carbocycles. The lowest BCUT2D eigenvalue weighted by molar-refractivity contribution is -0.125. The SMILES string of the molecule is CCCCC(CC)C(=O)NCCCC(C)N. The number of hydrogen-bond acceptors (Lipinski definition) is 2. The van der Waals surface area contributed by atoms with E-state index in [1.54, 1.807) is 0 Å². The summed E-state index contributed by atoms with van der Waals surface area (Å²) in [6, 6.07) is 0.235. The molecular formula is C13H28N2O. The fourth-order valence-electron chi connectivity index (χ4n) is 1.75. The lowest BCUT2D eigenvalue weighted by Gasteiger charge is -2.14. The van der Waals surface area contributed by atoms with Crippen LogP contribution in [0, 0.1) is 5.92 Å². The second kappa shape index (κ2) is 9.64. The van der Waals surface area contributed by atoms with E-state index in [9.17, 15) is 4.79 Å². The predicted molar refractivity (Wildman–Crippen MR) is 69.2 cm³/mol. The highest BCUT2D eigenvalue weighted by atomic mass is 16.1. The van der Waals surface area contributed by atoms with Gasteiger partial charge in [-0.15, -0.1) is 0 Å². The summed E-state index contributed by atoms with van der Waals surface area (Å²) in [5, 5.41) is 3.00. The number of carbonyl (C=O) groups is 1. The first-order valence-electron chi connectivity index (χ1n) is 6.65. The second-order valence-electron chi connectivity index (χ2n) is 4.66. The van der Waals surface area contributed by atoms with Gasteiger partial charge >= 0.3 is 0 Å². The lowest BCUT2D eigenvalue weighted by Crippen LogP contribution is -2.31. The number of hydrogen-bond donors (Lipinski definition) is 2. The summed E-state index contributed by atoms with van der Waals surface area (Å²) in [6.45, 7) is 7.01. The van der Waals surface area contributed by atoms with Crippen LogP contribution in [0.2, 0.25) is 0 Å². The fourth-order valence-corrected chi connectivity index (χ4v) is 1.75. The summed E-state index contributed by atoms with van der Waals surface area (Å²) < 4.78 is 0. The number of carbonyl (C=O) groups excluding carboxylic acids is 1. The third-order valence-corrected chi connectivity index (χ3v) is 2.91. The van der Waals surface area contributed by atoms with Crippen molar-refractivity contribution in [3.8, 4) is 0 Å². The molecule has 1 amide bonds. The Labute approximate surface area is 100 Å². The lowest BCUT2D eigenvalue weighted by atomic mass is 9.98. The Bertz CT molecular complexity index is 181. The van der Waals surface area contributed by atoms with Gasteiger partial charge in [-0.25, -0.2) is 0 Å². The van der Waals surface area contributed by atoms with E-state index in [2.05, 4.69) is 19.2 Å². The van der Waals surface area contributed by atoms with Gasteiger partial charge in [-0.05, 0) is 32.6 Å². The average molecular weight is 228 g/mol. The van der Waals surface area contributed by atoms with E-state index in [4.69, 9.17) is 5.73 Å². The Hall–Kier alpha value is -0.570. The second-order valence-corrected chi connectivity index (χ2v) is 4.66. The summed E-state index contributed by atoms with van der Waals surface area (Å²) in [6.07, 6.45) is 6.23. The van der Waals surface area contributed by atoms with Gasteiger partial charge in [-0.1, -0.05) is 26.7 Å². The first-order valence-corrected chi connectivity index (χ1v) is 6.65. The predicted octanol–water partition coefficient (Wildman–Crippen LogP) is 2.45. The standard InChI is InChI=1S/C13H28N2O/c1-4-6-9-12(5-2)13(16)15-10-7-8-11(3)14/h11-12H,4-10,14H2,1-3H3,(H,15,16). The van der Waals surface area contributed by atoms with Crippen LogP contribution < -0.4 is 11.1 Å². The molecule has 0 aliphatic heterocycles. The summed E-state index contributed by atoms with van der Waals surface area (Å²) >= 11 is 0. The average Bonchev–Trinajstić information content (AvgIpc) is 2.25. The molecule has 0 radical (unpaired) electrons. The topological polar surface area (TPSA) is 55.1 Å². The van der Waals surface area contributed by atoms with Crippen LogP contribution in [0.15, 0.2) is 0 Å². The molecule has 0 aliphatic carbocycles. The molecule has 0 rings (SSSR count). The first-order chi connectivity index (χ1) is 7.61. The van der Waals surface area contributed by atoms with E-state index in [0.29, 0.717) is 0 Å². The number of amides is 1. The maximum absolute atomic E-state index is 11.8. The van der Waals surface area contributed by atoms with E-state index < -0.39 is 0 Å². The summed E-state index contributed by atoms with van der Waals surface area (Å²) in [5.41, 5.74) is 5.65. The first kappa shape index (κ1) is 15.4. The quantitative estimate of drug-likeness (QED) is 0.596. The molecule has 0 aromatic rings. The van der Waals surface area contributed by atoms with Gasteiger partial charge in [0.25, 0.3) is 0 Å². The van der Waals surface area contributed by atoms with Gasteiger partial charge in [0.2, 0.25) is 5.91 Å². The van der Waals surface area contributed by atoms with Crippen LogP contribution >= 0.6 is 0 Å². The van der Waals surface area contributed by atoms with E-state index in [0.717, 1.165) is 45.1 Å². The van der Waals surface area contributed by atoms with E-state index in [-0.39, 0.29) is 17.9 Å². The van der Waals surface area contributed by atoms with Crippen LogP contribution in [-0.2, 0) is 4.79 Å². The van der Waals surface area contributed by atoms with E-state index in [1.807, 2.05) is 6.92 Å². The van der Waals surface area contributed by atoms with Crippen LogP contribution in [0.25, 0.3) is 0 Å². The molecule has 0 saturated heterocycles. The van der Waals surface area contributed by atoms with Crippen LogP contribution in [-0.4, -0.2) is 18.5 Å². The van der Waals surface area contributed by atoms with Crippen molar-refractivity contribution in [2.45, 2.75) is 65.3 Å². The van der Waals surface area contributed by atoms with Crippen LogP contribution in [0.3, 0.4) is 0 Å². The number of nitrogens with two attached hydrogens (primary N) is 1. The summed E-state index contributed by atoms with van der Waals surface area (Å²) in [5.74, 6) is 0.427. The molecule has 0 aromatic heterocycles. The van der Waals surface area contributed by atoms with Crippen molar-refractivity contribution in [2.24, 2.45) is 11.7 Å². The largest absolute Gasteiger partial charge is 0.356 e. The third kappa shape index (κ3) is 7.69. The molecule has 2 unspecified atom stereocenters. The molecule has 0 aliphatic rings. The van der Waals surface area contributed by atoms with E-state index >= 15 is 0 Å². The Morgan fingerprint density at radius 3 is 2.44 bits per heavy atom. The van der Waals surface area contributed by atoms with Crippen LogP contribution in [0.5, 0.6) is 0 Å². The minimum absolute atomic E-state index is 0.204. The molecule has 96 valence electrons. The summed E-state index contributed by atoms with van der Waals surface area (Å²) in [4.78, 5) is 11.8. The van der Waals surface area contributed by atoms with Crippen molar-refractivity contribution in [3.63, 3.8) is 0 Å². The molecule has 0 saturated carbocycles. The highest BCUT2D eigenvalue weighted by molar-refractivity contribution is 5.78. The Kier molecular flexibility index (Phi) is 9.30. The Morgan fingerprint density at radius 2 is 1.94 bits per heavy atom. The maximum Gasteiger partial charge on any atom is 0.223 e. The molecule has 16 heavy (non-hydrogen) atoms. The van der Waals surface area contributed by atoms with Crippen molar-refractivity contribution >= 4 is 5.91 Å².